The zero-order chi connectivity index (χ0) is 24.5. The number of hydrogen-bond donors (Lipinski definition) is 1. The molecule has 1 unspecified atom stereocenters. The molecule has 0 aromatic carbocycles. The second-order valence-electron chi connectivity index (χ2n) is 5.42. The normalized spacial score (nSPS) is 9.31. The minimum Gasteiger partial charge on any atom is -0.320 e. The van der Waals surface area contributed by atoms with Crippen LogP contribution < -0.4 is 5.32 Å². The molecule has 0 heterocycles. The molecule has 0 radical (unpaired) electrons. The quantitative estimate of drug-likeness (QED) is 0.260. The highest BCUT2D eigenvalue weighted by Gasteiger charge is 2.02. The van der Waals surface area contributed by atoms with Crippen LogP contribution >= 0.6 is 8.73 Å². The third-order valence-electron chi connectivity index (χ3n) is 3.46. The van der Waals surface area contributed by atoms with Crippen molar-refractivity contribution in [1.29, 1.82) is 0 Å². The van der Waals surface area contributed by atoms with Gasteiger partial charge in [0.05, 0.1) is 0 Å². The van der Waals surface area contributed by atoms with Crippen molar-refractivity contribution in [3.63, 3.8) is 0 Å². The Morgan fingerprint density at radius 1 is 0.552 bits per heavy atom. The van der Waals surface area contributed by atoms with Crippen molar-refractivity contribution in [1.82, 2.24) is 19.8 Å². The van der Waals surface area contributed by atoms with Crippen LogP contribution in [0.2, 0.25) is 0 Å². The zero-order valence-corrected chi connectivity index (χ0v) is 24.7. The van der Waals surface area contributed by atoms with E-state index in [0.29, 0.717) is 0 Å². The second-order valence-corrected chi connectivity index (χ2v) is 6.63. The van der Waals surface area contributed by atoms with Crippen molar-refractivity contribution < 1.29 is 0 Å². The van der Waals surface area contributed by atoms with Gasteiger partial charge >= 0.3 is 0 Å². The summed E-state index contributed by atoms with van der Waals surface area (Å²) >= 11 is 0. The fourth-order valence-corrected chi connectivity index (χ4v) is 2.43. The molecular formula is C24H65N4P. The average molecular weight is 441 g/mol. The zero-order valence-electron chi connectivity index (χ0n) is 23.7. The van der Waals surface area contributed by atoms with E-state index in [4.69, 9.17) is 0 Å². The lowest BCUT2D eigenvalue weighted by Gasteiger charge is -2.21. The lowest BCUT2D eigenvalue weighted by atomic mass is 10.3. The van der Waals surface area contributed by atoms with E-state index in [1.165, 1.54) is 52.0 Å². The third-order valence-corrected chi connectivity index (χ3v) is 4.45. The van der Waals surface area contributed by atoms with Crippen LogP contribution in [-0.4, -0.2) is 88.6 Å². The summed E-state index contributed by atoms with van der Waals surface area (Å²) in [6.07, 6.45) is 3.80. The predicted molar refractivity (Wildman–Crippen MR) is 146 cm³/mol. The van der Waals surface area contributed by atoms with E-state index >= 15 is 0 Å². The first-order valence-corrected chi connectivity index (χ1v) is 13.9. The Labute approximate surface area is 191 Å². The van der Waals surface area contributed by atoms with E-state index in [2.05, 4.69) is 47.6 Å². The van der Waals surface area contributed by atoms with Crippen molar-refractivity contribution >= 4 is 8.73 Å². The summed E-state index contributed by atoms with van der Waals surface area (Å²) in [6, 6.07) is 0. The molecule has 0 bridgehead atoms. The highest BCUT2D eigenvalue weighted by atomic mass is 31.1. The van der Waals surface area contributed by atoms with Gasteiger partial charge in [0.25, 0.3) is 0 Å². The van der Waals surface area contributed by atoms with Gasteiger partial charge in [0.2, 0.25) is 0 Å². The maximum Gasteiger partial charge on any atom is 0.00276 e. The molecule has 0 saturated heterocycles. The smallest absolute Gasteiger partial charge is 0.00276 e. The van der Waals surface area contributed by atoms with E-state index in [9.17, 15) is 0 Å². The molecule has 0 saturated carbocycles. The molecule has 5 heteroatoms. The van der Waals surface area contributed by atoms with Gasteiger partial charge in [-0.15, -0.1) is 0 Å². The van der Waals surface area contributed by atoms with Gasteiger partial charge in [0.15, 0.2) is 0 Å². The number of nitrogens with zero attached hydrogens (tertiary/aromatic N) is 3. The van der Waals surface area contributed by atoms with Gasteiger partial charge in [-0.25, -0.2) is 0 Å². The second kappa shape index (κ2) is 51.2. The van der Waals surface area contributed by atoms with Crippen molar-refractivity contribution in [3.8, 4) is 0 Å². The summed E-state index contributed by atoms with van der Waals surface area (Å²) in [5, 5.41) is 3.20. The van der Waals surface area contributed by atoms with E-state index in [1.54, 1.807) is 0 Å². The lowest BCUT2D eigenvalue weighted by molar-refractivity contribution is 0.271. The van der Waals surface area contributed by atoms with Crippen LogP contribution in [0.3, 0.4) is 0 Å². The van der Waals surface area contributed by atoms with Gasteiger partial charge < -0.3 is 15.1 Å². The molecule has 0 spiro atoms. The van der Waals surface area contributed by atoms with Gasteiger partial charge in [0.1, 0.15) is 0 Å². The summed E-state index contributed by atoms with van der Waals surface area (Å²) in [5.74, 6) is 0. The fraction of sp³-hybridized carbons (Fsp3) is 1.00. The van der Waals surface area contributed by atoms with Crippen LogP contribution in [0.25, 0.3) is 0 Å². The van der Waals surface area contributed by atoms with Gasteiger partial charge in [-0.1, -0.05) is 78.0 Å². The molecule has 0 fully saturated rings. The molecule has 186 valence electrons. The average Bonchev–Trinajstić information content (AvgIpc) is 2.80. The van der Waals surface area contributed by atoms with Crippen LogP contribution in [0.15, 0.2) is 0 Å². The number of rotatable bonds is 13. The molecule has 29 heavy (non-hydrogen) atoms. The Balaban J connectivity index is -0.000000114. The molecule has 1 N–H and O–H groups in total. The van der Waals surface area contributed by atoms with Crippen LogP contribution in [0, 0.1) is 0 Å². The van der Waals surface area contributed by atoms with Crippen LogP contribution in [0.5, 0.6) is 0 Å². The minimum atomic E-state index is 0.935. The maximum atomic E-state index is 3.20. The summed E-state index contributed by atoms with van der Waals surface area (Å²) in [5.41, 5.74) is 0. The Bertz CT molecular complexity index is 196. The van der Waals surface area contributed by atoms with Crippen molar-refractivity contribution in [2.75, 3.05) is 74.1 Å². The van der Waals surface area contributed by atoms with Gasteiger partial charge in [-0.2, -0.15) is 0 Å². The van der Waals surface area contributed by atoms with E-state index < -0.39 is 0 Å². The minimum absolute atomic E-state index is 0.935. The van der Waals surface area contributed by atoms with Crippen LogP contribution in [-0.2, 0) is 0 Å². The summed E-state index contributed by atoms with van der Waals surface area (Å²) in [4.78, 5) is 4.91. The Hall–Kier alpha value is 0.270. The highest BCUT2D eigenvalue weighted by Crippen LogP contribution is 2.08. The van der Waals surface area contributed by atoms with Crippen molar-refractivity contribution in [3.05, 3.63) is 0 Å². The van der Waals surface area contributed by atoms with Crippen LogP contribution in [0.1, 0.15) is 88.5 Å². The molecule has 0 aliphatic heterocycles. The largest absolute Gasteiger partial charge is 0.320 e. The number of nitrogens with one attached hydrogen (secondary N) is 1. The molecule has 4 nitrogen and oxygen atoms in total. The number of hydrogen-bond acceptors (Lipinski definition) is 4. The van der Waals surface area contributed by atoms with E-state index in [-0.39, 0.29) is 0 Å². The first-order chi connectivity index (χ1) is 14.1. The Morgan fingerprint density at radius 2 is 0.862 bits per heavy atom. The summed E-state index contributed by atoms with van der Waals surface area (Å²) in [7, 11) is 9.64. The molecule has 0 aliphatic rings. The summed E-state index contributed by atoms with van der Waals surface area (Å²) in [6.45, 7) is 29.4. The molecular weight excluding hydrogens is 375 g/mol. The predicted octanol–water partition coefficient (Wildman–Crippen LogP) is 6.53. The first kappa shape index (κ1) is 43.2. The molecule has 0 aliphatic carbocycles. The fourth-order valence-electron chi connectivity index (χ4n) is 2.05. The van der Waals surface area contributed by atoms with E-state index in [1.807, 2.05) is 76.3 Å². The van der Waals surface area contributed by atoms with E-state index in [0.717, 1.165) is 15.3 Å². The topological polar surface area (TPSA) is 21.8 Å². The standard InChI is InChI=1S/C14H35N4P.5C2H6/c1-15-9-6-10-16(2)11-7-12-17(3)13-8-14-18(4)19-5;5*1-2/h15,19H,6-14H2,1-5H3;5*1-2H3. The Kier molecular flexibility index (Phi) is 76.2. The van der Waals surface area contributed by atoms with Crippen LogP contribution in [0.4, 0.5) is 0 Å². The molecule has 0 aromatic heterocycles. The van der Waals surface area contributed by atoms with Crippen molar-refractivity contribution in [2.45, 2.75) is 88.5 Å². The highest BCUT2D eigenvalue weighted by molar-refractivity contribution is 7.34. The van der Waals surface area contributed by atoms with Gasteiger partial charge in [-0.05, 0) is 86.8 Å². The maximum absolute atomic E-state index is 3.20. The molecule has 0 amide bonds. The third kappa shape index (κ3) is 52.5. The molecule has 0 rings (SSSR count). The Morgan fingerprint density at radius 3 is 1.17 bits per heavy atom. The lowest BCUT2D eigenvalue weighted by Crippen LogP contribution is -2.28. The SMILES string of the molecule is CC.CC.CC.CC.CC.CNCCCN(C)CCCN(C)CCCN(C)PC. The van der Waals surface area contributed by atoms with Crippen molar-refractivity contribution in [2.24, 2.45) is 0 Å². The molecule has 1 atom stereocenters. The monoisotopic (exact) mass is 440 g/mol. The van der Waals surface area contributed by atoms with Gasteiger partial charge in [-0.3, -0.25) is 4.67 Å². The van der Waals surface area contributed by atoms with Gasteiger partial charge in [0, 0.05) is 6.54 Å². The summed E-state index contributed by atoms with van der Waals surface area (Å²) < 4.78 is 2.41. The molecule has 0 aromatic rings. The first-order valence-electron chi connectivity index (χ1n) is 12.5.